The first-order valence-electron chi connectivity index (χ1n) is 6.15. The molecular weight excluding hydrogens is 242 g/mol. The van der Waals surface area contributed by atoms with Gasteiger partial charge in [-0.3, -0.25) is 9.08 Å². The summed E-state index contributed by atoms with van der Waals surface area (Å²) < 4.78 is 3.69. The Morgan fingerprint density at radius 3 is 2.95 bits per heavy atom. The van der Waals surface area contributed by atoms with Crippen molar-refractivity contribution >= 4 is 17.2 Å². The molecule has 0 atom stereocenters. The average Bonchev–Trinajstić information content (AvgIpc) is 2.94. The molecule has 3 aromatic rings. The van der Waals surface area contributed by atoms with Gasteiger partial charge in [-0.15, -0.1) is 10.2 Å². The lowest BCUT2D eigenvalue weighted by atomic mass is 10.3. The minimum absolute atomic E-state index is 0.686. The minimum atomic E-state index is 0.686. The molecule has 0 aliphatic carbocycles. The first-order chi connectivity index (χ1) is 9.19. The zero-order chi connectivity index (χ0) is 13.4. The maximum atomic E-state index is 4.39. The van der Waals surface area contributed by atoms with E-state index in [-0.39, 0.29) is 0 Å². The molecule has 3 heterocycles. The lowest BCUT2D eigenvalue weighted by molar-refractivity contribution is 0.746. The molecule has 1 N–H and O–H groups in total. The Hall–Kier alpha value is -2.44. The van der Waals surface area contributed by atoms with Crippen molar-refractivity contribution in [3.8, 4) is 0 Å². The van der Waals surface area contributed by atoms with Gasteiger partial charge in [0.15, 0.2) is 5.82 Å². The van der Waals surface area contributed by atoms with Gasteiger partial charge in [0.2, 0.25) is 5.65 Å². The van der Waals surface area contributed by atoms with E-state index in [1.54, 1.807) is 10.9 Å². The van der Waals surface area contributed by atoms with Crippen molar-refractivity contribution < 1.29 is 0 Å². The topological polar surface area (TPSA) is 72.9 Å². The number of anilines is 2. The molecule has 7 nitrogen and oxygen atoms in total. The Bertz CT molecular complexity index is 725. The van der Waals surface area contributed by atoms with Crippen LogP contribution < -0.4 is 5.32 Å². The standard InChI is InChI=1S/C12H15N7/c1-4-9-10(7-18(3)17-9)14-11-12-16-15-8(2)19(12)6-5-13-11/h5-7H,4H2,1-3H3,(H,13,14). The van der Waals surface area contributed by atoms with Gasteiger partial charge in [-0.2, -0.15) is 5.10 Å². The summed E-state index contributed by atoms with van der Waals surface area (Å²) in [5, 5.41) is 15.9. The SMILES string of the molecule is CCc1nn(C)cc1Nc1nccn2c(C)nnc12. The molecule has 0 radical (unpaired) electrons. The van der Waals surface area contributed by atoms with Gasteiger partial charge in [0.05, 0.1) is 11.4 Å². The van der Waals surface area contributed by atoms with Crippen molar-refractivity contribution in [1.29, 1.82) is 0 Å². The predicted octanol–water partition coefficient (Wildman–Crippen LogP) is 1.47. The van der Waals surface area contributed by atoms with Crippen LogP contribution in [0.15, 0.2) is 18.6 Å². The molecule has 3 aromatic heterocycles. The van der Waals surface area contributed by atoms with E-state index in [9.17, 15) is 0 Å². The number of aromatic nitrogens is 6. The summed E-state index contributed by atoms with van der Waals surface area (Å²) in [4.78, 5) is 4.33. The van der Waals surface area contributed by atoms with Gasteiger partial charge >= 0.3 is 0 Å². The van der Waals surface area contributed by atoms with Crippen LogP contribution in [0.3, 0.4) is 0 Å². The molecule has 0 saturated carbocycles. The van der Waals surface area contributed by atoms with E-state index in [1.165, 1.54) is 0 Å². The second kappa shape index (κ2) is 4.34. The first kappa shape index (κ1) is 11.6. The van der Waals surface area contributed by atoms with E-state index < -0.39 is 0 Å². The van der Waals surface area contributed by atoms with Crippen molar-refractivity contribution in [2.75, 3.05) is 5.32 Å². The largest absolute Gasteiger partial charge is 0.334 e. The summed E-state index contributed by atoms with van der Waals surface area (Å²) in [6.45, 7) is 3.98. The molecule has 0 spiro atoms. The maximum Gasteiger partial charge on any atom is 0.204 e. The highest BCUT2D eigenvalue weighted by Crippen LogP contribution is 2.21. The highest BCUT2D eigenvalue weighted by atomic mass is 15.3. The summed E-state index contributed by atoms with van der Waals surface area (Å²) in [6, 6.07) is 0. The van der Waals surface area contributed by atoms with Crippen LogP contribution in [0, 0.1) is 6.92 Å². The number of rotatable bonds is 3. The fourth-order valence-electron chi connectivity index (χ4n) is 2.06. The summed E-state index contributed by atoms with van der Waals surface area (Å²) in [7, 11) is 1.90. The van der Waals surface area contributed by atoms with Gasteiger partial charge in [0.1, 0.15) is 5.82 Å². The number of fused-ring (bicyclic) bond motifs is 1. The lowest BCUT2D eigenvalue weighted by Crippen LogP contribution is -1.99. The second-order valence-electron chi connectivity index (χ2n) is 4.36. The van der Waals surface area contributed by atoms with E-state index in [1.807, 2.05) is 30.8 Å². The van der Waals surface area contributed by atoms with Crippen LogP contribution in [0.25, 0.3) is 5.65 Å². The summed E-state index contributed by atoms with van der Waals surface area (Å²) in [5.41, 5.74) is 2.67. The van der Waals surface area contributed by atoms with Gasteiger partial charge < -0.3 is 5.32 Å². The molecule has 0 aromatic carbocycles. The van der Waals surface area contributed by atoms with Crippen LogP contribution in [0.5, 0.6) is 0 Å². The van der Waals surface area contributed by atoms with Crippen LogP contribution in [0.2, 0.25) is 0 Å². The third-order valence-electron chi connectivity index (χ3n) is 2.99. The molecular formula is C12H15N7. The van der Waals surface area contributed by atoms with Gasteiger partial charge in [0, 0.05) is 25.6 Å². The minimum Gasteiger partial charge on any atom is -0.334 e. The summed E-state index contributed by atoms with van der Waals surface area (Å²) in [6.07, 6.45) is 6.37. The number of hydrogen-bond acceptors (Lipinski definition) is 5. The highest BCUT2D eigenvalue weighted by Gasteiger charge is 2.11. The predicted molar refractivity (Wildman–Crippen MR) is 71.4 cm³/mol. The zero-order valence-corrected chi connectivity index (χ0v) is 11.1. The molecule has 0 saturated heterocycles. The summed E-state index contributed by atoms with van der Waals surface area (Å²) >= 11 is 0. The van der Waals surface area contributed by atoms with Crippen molar-refractivity contribution in [2.45, 2.75) is 20.3 Å². The van der Waals surface area contributed by atoms with Crippen molar-refractivity contribution in [3.05, 3.63) is 30.1 Å². The van der Waals surface area contributed by atoms with E-state index >= 15 is 0 Å². The van der Waals surface area contributed by atoms with E-state index in [0.29, 0.717) is 11.5 Å². The van der Waals surface area contributed by atoms with E-state index in [4.69, 9.17) is 0 Å². The molecule has 0 aliphatic heterocycles. The number of nitrogens with one attached hydrogen (secondary N) is 1. The van der Waals surface area contributed by atoms with Gasteiger partial charge in [-0.25, -0.2) is 4.98 Å². The third kappa shape index (κ3) is 1.92. The molecule has 0 fully saturated rings. The van der Waals surface area contributed by atoms with Crippen LogP contribution >= 0.6 is 0 Å². The molecule has 98 valence electrons. The molecule has 0 aliphatic rings. The van der Waals surface area contributed by atoms with E-state index in [0.717, 1.165) is 23.6 Å². The van der Waals surface area contributed by atoms with Crippen molar-refractivity contribution in [2.24, 2.45) is 7.05 Å². The Kier molecular flexibility index (Phi) is 2.66. The Morgan fingerprint density at radius 1 is 1.32 bits per heavy atom. The average molecular weight is 257 g/mol. The lowest BCUT2D eigenvalue weighted by Gasteiger charge is -2.05. The van der Waals surface area contributed by atoms with Crippen LogP contribution in [0.4, 0.5) is 11.5 Å². The fraction of sp³-hybridized carbons (Fsp3) is 0.333. The van der Waals surface area contributed by atoms with Crippen molar-refractivity contribution in [1.82, 2.24) is 29.4 Å². The quantitative estimate of drug-likeness (QED) is 0.769. The molecule has 7 heteroatoms. The van der Waals surface area contributed by atoms with Crippen molar-refractivity contribution in [3.63, 3.8) is 0 Å². The Balaban J connectivity index is 2.05. The Labute approximate surface area is 110 Å². The third-order valence-corrected chi connectivity index (χ3v) is 2.99. The highest BCUT2D eigenvalue weighted by molar-refractivity contribution is 5.70. The molecule has 19 heavy (non-hydrogen) atoms. The number of hydrogen-bond donors (Lipinski definition) is 1. The monoisotopic (exact) mass is 257 g/mol. The van der Waals surface area contributed by atoms with Crippen LogP contribution in [-0.4, -0.2) is 29.4 Å². The van der Waals surface area contributed by atoms with Gasteiger partial charge in [-0.1, -0.05) is 6.92 Å². The van der Waals surface area contributed by atoms with Gasteiger partial charge in [0.25, 0.3) is 0 Å². The molecule has 3 rings (SSSR count). The number of nitrogens with zero attached hydrogens (tertiary/aromatic N) is 6. The first-order valence-corrected chi connectivity index (χ1v) is 6.15. The molecule has 0 unspecified atom stereocenters. The van der Waals surface area contributed by atoms with E-state index in [2.05, 4.69) is 32.5 Å². The van der Waals surface area contributed by atoms with Crippen LogP contribution in [-0.2, 0) is 13.5 Å². The summed E-state index contributed by atoms with van der Waals surface area (Å²) in [5.74, 6) is 1.52. The zero-order valence-electron chi connectivity index (χ0n) is 11.1. The maximum absolute atomic E-state index is 4.39. The van der Waals surface area contributed by atoms with Gasteiger partial charge in [-0.05, 0) is 13.3 Å². The normalized spacial score (nSPS) is 11.1. The molecule has 0 bridgehead atoms. The van der Waals surface area contributed by atoms with Crippen LogP contribution in [0.1, 0.15) is 18.4 Å². The smallest absolute Gasteiger partial charge is 0.204 e. The fourth-order valence-corrected chi connectivity index (χ4v) is 2.06. The second-order valence-corrected chi connectivity index (χ2v) is 4.36. The molecule has 0 amide bonds. The number of aryl methyl sites for hydroxylation is 3. The Morgan fingerprint density at radius 2 is 2.16 bits per heavy atom.